The lowest BCUT2D eigenvalue weighted by molar-refractivity contribution is 0.387. The van der Waals surface area contributed by atoms with Crippen LogP contribution in [0.3, 0.4) is 0 Å². The first-order valence-corrected chi connectivity index (χ1v) is 7.28. The van der Waals surface area contributed by atoms with Crippen LogP contribution in [0.4, 0.5) is 0 Å². The average Bonchev–Trinajstić information content (AvgIpc) is 2.43. The van der Waals surface area contributed by atoms with Gasteiger partial charge in [-0.2, -0.15) is 0 Å². The normalized spacial score (nSPS) is 24.1. The molecule has 0 saturated carbocycles. The summed E-state index contributed by atoms with van der Waals surface area (Å²) in [6.45, 7) is 4.01. The van der Waals surface area contributed by atoms with E-state index in [1.54, 1.807) is 0 Å². The second kappa shape index (κ2) is 4.65. The molecule has 0 aliphatic carbocycles. The van der Waals surface area contributed by atoms with Crippen LogP contribution in [0, 0.1) is 0 Å². The highest BCUT2D eigenvalue weighted by atomic mass is 32.2. The summed E-state index contributed by atoms with van der Waals surface area (Å²) in [5.74, 6) is 0.510. The van der Waals surface area contributed by atoms with E-state index < -0.39 is 9.84 Å². The van der Waals surface area contributed by atoms with Gasteiger partial charge in [0.05, 0.1) is 11.5 Å². The first-order chi connectivity index (χ1) is 6.82. The molecule has 0 bridgehead atoms. The minimum Gasteiger partial charge on any atom is -0.360 e. The minimum atomic E-state index is -2.83. The van der Waals surface area contributed by atoms with Crippen LogP contribution in [0.1, 0.15) is 20.3 Å². The van der Waals surface area contributed by atoms with Crippen molar-refractivity contribution in [2.24, 2.45) is 0 Å². The number of hydrogen-bond acceptors (Lipinski definition) is 3. The minimum absolute atomic E-state index is 0.0359. The van der Waals surface area contributed by atoms with E-state index in [1.807, 2.05) is 25.8 Å². The molecule has 1 unspecified atom stereocenters. The Hall–Kier alpha value is -0.360. The summed E-state index contributed by atoms with van der Waals surface area (Å²) in [5, 5.41) is 3.74. The fourth-order valence-corrected chi connectivity index (χ4v) is 3.75. The molecule has 15 heavy (non-hydrogen) atoms. The third-order valence-electron chi connectivity index (χ3n) is 2.49. The largest absolute Gasteiger partial charge is 0.360 e. The zero-order valence-electron chi connectivity index (χ0n) is 9.36. The number of thiocarbonyl (C=S) groups is 1. The summed E-state index contributed by atoms with van der Waals surface area (Å²) in [4.78, 5) is 1.86. The van der Waals surface area contributed by atoms with Crippen molar-refractivity contribution in [1.82, 2.24) is 10.2 Å². The van der Waals surface area contributed by atoms with Gasteiger partial charge in [0.25, 0.3) is 0 Å². The number of nitrogens with zero attached hydrogens (tertiary/aromatic N) is 1. The van der Waals surface area contributed by atoms with Crippen molar-refractivity contribution in [1.29, 1.82) is 0 Å². The fourth-order valence-electron chi connectivity index (χ4n) is 1.60. The number of hydrogen-bond donors (Lipinski definition) is 1. The maximum Gasteiger partial charge on any atom is 0.169 e. The maximum atomic E-state index is 11.3. The molecule has 6 heteroatoms. The van der Waals surface area contributed by atoms with E-state index >= 15 is 0 Å². The summed E-state index contributed by atoms with van der Waals surface area (Å²) in [6.07, 6.45) is 0.679. The Morgan fingerprint density at radius 1 is 1.53 bits per heavy atom. The Morgan fingerprint density at radius 2 is 2.13 bits per heavy atom. The van der Waals surface area contributed by atoms with Crippen LogP contribution in [0.2, 0.25) is 0 Å². The van der Waals surface area contributed by atoms with Gasteiger partial charge >= 0.3 is 0 Å². The van der Waals surface area contributed by atoms with Gasteiger partial charge in [0, 0.05) is 19.1 Å². The molecule has 0 aromatic rings. The molecule has 88 valence electrons. The Morgan fingerprint density at radius 3 is 2.53 bits per heavy atom. The standard InChI is InChI=1S/C9H18N2O2S2/c1-7(2)10-9(14)11(3)8-4-5-15(12,13)6-8/h7-8H,4-6H2,1-3H3,(H,10,14). The van der Waals surface area contributed by atoms with E-state index in [4.69, 9.17) is 12.2 Å². The molecule has 1 rings (SSSR count). The highest BCUT2D eigenvalue weighted by Gasteiger charge is 2.31. The van der Waals surface area contributed by atoms with Gasteiger partial charge in [0.2, 0.25) is 0 Å². The summed E-state index contributed by atoms with van der Waals surface area (Å²) in [7, 11) is -0.981. The lowest BCUT2D eigenvalue weighted by Crippen LogP contribution is -2.46. The van der Waals surface area contributed by atoms with Crippen molar-refractivity contribution in [3.8, 4) is 0 Å². The SMILES string of the molecule is CC(C)NC(=S)N(C)C1CCS(=O)(=O)C1. The van der Waals surface area contributed by atoms with E-state index in [0.29, 0.717) is 11.5 Å². The number of sulfone groups is 1. The molecule has 1 heterocycles. The zero-order chi connectivity index (χ0) is 11.6. The molecule has 4 nitrogen and oxygen atoms in total. The van der Waals surface area contributed by atoms with Crippen molar-refractivity contribution in [3.63, 3.8) is 0 Å². The van der Waals surface area contributed by atoms with Gasteiger partial charge in [-0.25, -0.2) is 8.42 Å². The summed E-state index contributed by atoms with van der Waals surface area (Å²) < 4.78 is 22.6. The van der Waals surface area contributed by atoms with E-state index in [-0.39, 0.29) is 23.6 Å². The molecule has 1 aliphatic rings. The first kappa shape index (κ1) is 12.7. The van der Waals surface area contributed by atoms with Crippen molar-refractivity contribution >= 4 is 27.2 Å². The van der Waals surface area contributed by atoms with Crippen molar-refractivity contribution in [2.75, 3.05) is 18.6 Å². The van der Waals surface area contributed by atoms with Gasteiger partial charge in [-0.15, -0.1) is 0 Å². The van der Waals surface area contributed by atoms with Gasteiger partial charge in [0.1, 0.15) is 0 Å². The van der Waals surface area contributed by atoms with Gasteiger partial charge in [-0.05, 0) is 32.5 Å². The number of rotatable bonds is 2. The van der Waals surface area contributed by atoms with Crippen molar-refractivity contribution in [2.45, 2.75) is 32.4 Å². The van der Waals surface area contributed by atoms with Crippen molar-refractivity contribution in [3.05, 3.63) is 0 Å². The maximum absolute atomic E-state index is 11.3. The van der Waals surface area contributed by atoms with Crippen LogP contribution in [0.5, 0.6) is 0 Å². The lowest BCUT2D eigenvalue weighted by atomic mass is 10.2. The second-order valence-electron chi connectivity index (χ2n) is 4.27. The molecule has 0 radical (unpaired) electrons. The van der Waals surface area contributed by atoms with E-state index in [0.717, 1.165) is 0 Å². The van der Waals surface area contributed by atoms with E-state index in [9.17, 15) is 8.42 Å². The lowest BCUT2D eigenvalue weighted by Gasteiger charge is -2.27. The van der Waals surface area contributed by atoms with Gasteiger partial charge < -0.3 is 10.2 Å². The molecule has 1 fully saturated rings. The van der Waals surface area contributed by atoms with Gasteiger partial charge in [0.15, 0.2) is 14.9 Å². The quantitative estimate of drug-likeness (QED) is 0.718. The molecule has 0 amide bonds. The Labute approximate surface area is 96.9 Å². The monoisotopic (exact) mass is 250 g/mol. The molecule has 0 aromatic heterocycles. The van der Waals surface area contributed by atoms with Crippen LogP contribution >= 0.6 is 12.2 Å². The Balaban J connectivity index is 2.55. The molecular formula is C9H18N2O2S2. The van der Waals surface area contributed by atoms with Gasteiger partial charge in [-0.1, -0.05) is 0 Å². The molecule has 1 atom stereocenters. The van der Waals surface area contributed by atoms with E-state index in [1.165, 1.54) is 0 Å². The first-order valence-electron chi connectivity index (χ1n) is 5.05. The smallest absolute Gasteiger partial charge is 0.169 e. The topological polar surface area (TPSA) is 49.4 Å². The summed E-state index contributed by atoms with van der Waals surface area (Å²) in [6, 6.07) is 0.312. The predicted molar refractivity (Wildman–Crippen MR) is 65.7 cm³/mol. The zero-order valence-corrected chi connectivity index (χ0v) is 11.0. The van der Waals surface area contributed by atoms with E-state index in [2.05, 4.69) is 5.32 Å². The third-order valence-corrected chi connectivity index (χ3v) is 4.64. The second-order valence-corrected chi connectivity index (χ2v) is 6.89. The van der Waals surface area contributed by atoms with Gasteiger partial charge in [-0.3, -0.25) is 0 Å². The Kier molecular flexibility index (Phi) is 3.94. The molecular weight excluding hydrogens is 232 g/mol. The molecule has 1 saturated heterocycles. The van der Waals surface area contributed by atoms with Crippen molar-refractivity contribution < 1.29 is 8.42 Å². The molecule has 1 N–H and O–H groups in total. The highest BCUT2D eigenvalue weighted by Crippen LogP contribution is 2.16. The molecule has 1 aliphatic heterocycles. The van der Waals surface area contributed by atoms with Crippen LogP contribution in [0.25, 0.3) is 0 Å². The predicted octanol–water partition coefficient (Wildman–Crippen LogP) is 0.388. The third kappa shape index (κ3) is 3.61. The Bertz CT molecular complexity index is 338. The van der Waals surface area contributed by atoms with Crippen LogP contribution in [-0.2, 0) is 9.84 Å². The van der Waals surface area contributed by atoms with Crippen LogP contribution in [-0.4, -0.2) is 49.1 Å². The summed E-state index contributed by atoms with van der Waals surface area (Å²) in [5.41, 5.74) is 0. The molecule has 0 aromatic carbocycles. The van der Waals surface area contributed by atoms with Crippen LogP contribution < -0.4 is 5.32 Å². The average molecular weight is 250 g/mol. The van der Waals surface area contributed by atoms with Crippen LogP contribution in [0.15, 0.2) is 0 Å². The summed E-state index contributed by atoms with van der Waals surface area (Å²) >= 11 is 5.18. The number of nitrogens with one attached hydrogen (secondary N) is 1. The highest BCUT2D eigenvalue weighted by molar-refractivity contribution is 7.91. The molecule has 0 spiro atoms. The fraction of sp³-hybridized carbons (Fsp3) is 0.889.